The predicted molar refractivity (Wildman–Crippen MR) is 164 cm³/mol. The Labute approximate surface area is 240 Å². The van der Waals surface area contributed by atoms with Crippen LogP contribution in [0.4, 0.5) is 23.0 Å². The van der Waals surface area contributed by atoms with Gasteiger partial charge in [-0.3, -0.25) is 4.79 Å². The van der Waals surface area contributed by atoms with Gasteiger partial charge in [-0.15, -0.1) is 0 Å². The minimum atomic E-state index is -0.304. The van der Waals surface area contributed by atoms with Crippen LogP contribution in [0.15, 0.2) is 61.3 Å². The van der Waals surface area contributed by atoms with E-state index in [1.807, 2.05) is 31.3 Å². The Morgan fingerprint density at radius 3 is 2.85 bits per heavy atom. The normalized spacial score (nSPS) is 12.7. The third-order valence-electron chi connectivity index (χ3n) is 7.11. The fourth-order valence-corrected chi connectivity index (χ4v) is 5.13. The molecule has 1 amide bonds. The van der Waals surface area contributed by atoms with Gasteiger partial charge in [0.1, 0.15) is 5.75 Å². The summed E-state index contributed by atoms with van der Waals surface area (Å²) in [5.41, 5.74) is 6.17. The first-order valence-corrected chi connectivity index (χ1v) is 13.8. The van der Waals surface area contributed by atoms with Crippen LogP contribution in [-0.4, -0.2) is 60.3 Å². The van der Waals surface area contributed by atoms with Crippen molar-refractivity contribution in [1.29, 1.82) is 0 Å². The zero-order valence-electron chi connectivity index (χ0n) is 24.0. The van der Waals surface area contributed by atoms with E-state index < -0.39 is 0 Å². The number of rotatable bonds is 11. The second-order valence-electron chi connectivity index (χ2n) is 10.2. The number of methoxy groups -OCH3 is 1. The van der Waals surface area contributed by atoms with E-state index in [2.05, 4.69) is 69.0 Å². The van der Waals surface area contributed by atoms with Gasteiger partial charge in [0.15, 0.2) is 0 Å². The standard InChI is InChI=1S/C31H37N7O3/c1-6-29(39)34-23-17-24(28(40-5)18-26(23)37(4)14-13-32-20(2)3)36-31-33-12-11-22(35-31)30-21-9-7-8-10-25(21)38-15-16-41-19-27(30)38/h6-12,17-18,20,32H,1,13-16,19H2,2-5H3,(H,34,39)(H,33,35,36). The van der Waals surface area contributed by atoms with Crippen molar-refractivity contribution in [3.05, 3.63) is 67.0 Å². The molecule has 10 nitrogen and oxygen atoms in total. The Morgan fingerprint density at radius 1 is 1.24 bits per heavy atom. The van der Waals surface area contributed by atoms with Crippen molar-refractivity contribution in [3.63, 3.8) is 0 Å². The van der Waals surface area contributed by atoms with Crippen molar-refractivity contribution in [3.8, 4) is 17.0 Å². The zero-order chi connectivity index (χ0) is 28.9. The molecule has 0 fully saturated rings. The van der Waals surface area contributed by atoms with Gasteiger partial charge >= 0.3 is 0 Å². The maximum atomic E-state index is 12.3. The van der Waals surface area contributed by atoms with Gasteiger partial charge in [0.2, 0.25) is 11.9 Å². The maximum Gasteiger partial charge on any atom is 0.247 e. The molecule has 0 bridgehead atoms. The lowest BCUT2D eigenvalue weighted by Gasteiger charge is -2.25. The van der Waals surface area contributed by atoms with E-state index >= 15 is 0 Å². The Balaban J connectivity index is 1.50. The van der Waals surface area contributed by atoms with Crippen LogP contribution in [0.2, 0.25) is 0 Å². The molecule has 4 aromatic rings. The van der Waals surface area contributed by atoms with Gasteiger partial charge in [0.25, 0.3) is 0 Å². The summed E-state index contributed by atoms with van der Waals surface area (Å²) in [5.74, 6) is 0.695. The molecule has 0 radical (unpaired) electrons. The summed E-state index contributed by atoms with van der Waals surface area (Å²) in [5, 5.41) is 10.8. The van der Waals surface area contributed by atoms with Gasteiger partial charge in [-0.1, -0.05) is 38.6 Å². The third-order valence-corrected chi connectivity index (χ3v) is 7.11. The number of nitrogens with zero attached hydrogens (tertiary/aromatic N) is 4. The highest BCUT2D eigenvalue weighted by Gasteiger charge is 2.23. The monoisotopic (exact) mass is 555 g/mol. The first-order valence-electron chi connectivity index (χ1n) is 13.8. The number of benzene rings is 2. The molecule has 0 unspecified atom stereocenters. The van der Waals surface area contributed by atoms with Gasteiger partial charge < -0.3 is 34.9 Å². The Morgan fingerprint density at radius 2 is 2.07 bits per heavy atom. The largest absolute Gasteiger partial charge is 0.494 e. The number of anilines is 4. The average Bonchev–Trinajstić information content (AvgIpc) is 3.31. The van der Waals surface area contributed by atoms with E-state index in [0.29, 0.717) is 42.3 Å². The number of amides is 1. The summed E-state index contributed by atoms with van der Waals surface area (Å²) in [7, 11) is 3.59. The summed E-state index contributed by atoms with van der Waals surface area (Å²) in [6, 6.07) is 14.4. The number of hydrogen-bond donors (Lipinski definition) is 3. The number of fused-ring (bicyclic) bond motifs is 3. The third kappa shape index (κ3) is 6.03. The molecule has 3 heterocycles. The molecule has 0 saturated heterocycles. The number of carbonyl (C=O) groups is 1. The SMILES string of the molecule is C=CC(=O)Nc1cc(Nc2nccc(-c3c4n(c5ccccc35)CCOC4)n2)c(OC)cc1N(C)CCNC(C)C. The first kappa shape index (κ1) is 28.1. The van der Waals surface area contributed by atoms with Crippen molar-refractivity contribution in [2.75, 3.05) is 49.4 Å². The van der Waals surface area contributed by atoms with Crippen LogP contribution < -0.4 is 25.6 Å². The summed E-state index contributed by atoms with van der Waals surface area (Å²) < 4.78 is 13.9. The molecule has 0 atom stereocenters. The van der Waals surface area contributed by atoms with Crippen LogP contribution in [0, 0.1) is 0 Å². The molecular weight excluding hydrogens is 518 g/mol. The number of para-hydroxylation sites is 1. The number of hydrogen-bond acceptors (Lipinski definition) is 8. The minimum Gasteiger partial charge on any atom is -0.494 e. The van der Waals surface area contributed by atoms with E-state index in [4.69, 9.17) is 14.5 Å². The van der Waals surface area contributed by atoms with Crippen molar-refractivity contribution in [2.45, 2.75) is 33.0 Å². The molecule has 0 saturated carbocycles. The average molecular weight is 556 g/mol. The summed E-state index contributed by atoms with van der Waals surface area (Å²) in [6.45, 7) is 11.4. The lowest BCUT2D eigenvalue weighted by Crippen LogP contribution is -2.33. The van der Waals surface area contributed by atoms with Crippen molar-refractivity contribution in [1.82, 2.24) is 19.9 Å². The molecule has 41 heavy (non-hydrogen) atoms. The van der Waals surface area contributed by atoms with Crippen LogP contribution >= 0.6 is 0 Å². The summed E-state index contributed by atoms with van der Waals surface area (Å²) in [6.07, 6.45) is 2.99. The predicted octanol–water partition coefficient (Wildman–Crippen LogP) is 4.94. The van der Waals surface area contributed by atoms with E-state index in [9.17, 15) is 4.79 Å². The molecule has 5 rings (SSSR count). The van der Waals surface area contributed by atoms with E-state index in [-0.39, 0.29) is 5.91 Å². The van der Waals surface area contributed by atoms with E-state index in [1.165, 1.54) is 11.6 Å². The summed E-state index contributed by atoms with van der Waals surface area (Å²) in [4.78, 5) is 23.8. The Bertz CT molecular complexity index is 1560. The van der Waals surface area contributed by atoms with Crippen LogP contribution in [0.1, 0.15) is 19.5 Å². The molecular formula is C31H37N7O3. The second kappa shape index (κ2) is 12.4. The van der Waals surface area contributed by atoms with Gasteiger partial charge in [0, 0.05) is 61.5 Å². The lowest BCUT2D eigenvalue weighted by atomic mass is 10.1. The zero-order valence-corrected chi connectivity index (χ0v) is 24.0. The molecule has 214 valence electrons. The first-order chi connectivity index (χ1) is 19.9. The Hall–Kier alpha value is -4.41. The minimum absolute atomic E-state index is 0.304. The maximum absolute atomic E-state index is 12.3. The van der Waals surface area contributed by atoms with Crippen LogP contribution in [0.3, 0.4) is 0 Å². The molecule has 0 spiro atoms. The fourth-order valence-electron chi connectivity index (χ4n) is 5.13. The number of ether oxygens (including phenoxy) is 2. The van der Waals surface area contributed by atoms with Crippen molar-refractivity contribution in [2.24, 2.45) is 0 Å². The van der Waals surface area contributed by atoms with Crippen molar-refractivity contribution >= 4 is 39.8 Å². The highest BCUT2D eigenvalue weighted by atomic mass is 16.5. The van der Waals surface area contributed by atoms with E-state index in [0.717, 1.165) is 47.7 Å². The smallest absolute Gasteiger partial charge is 0.247 e. The number of likely N-dealkylation sites (N-methyl/N-ethyl adjacent to an activating group) is 1. The van der Waals surface area contributed by atoms with Crippen molar-refractivity contribution < 1.29 is 14.3 Å². The number of aromatic nitrogens is 3. The van der Waals surface area contributed by atoms with Crippen LogP contribution in [0.25, 0.3) is 22.2 Å². The molecule has 1 aliphatic rings. The van der Waals surface area contributed by atoms with Gasteiger partial charge in [-0.05, 0) is 24.3 Å². The molecule has 2 aromatic carbocycles. The van der Waals surface area contributed by atoms with Gasteiger partial charge in [-0.2, -0.15) is 0 Å². The van der Waals surface area contributed by atoms with Crippen LogP contribution in [-0.2, 0) is 22.7 Å². The number of carbonyl (C=O) groups excluding carboxylic acids is 1. The highest BCUT2D eigenvalue weighted by Crippen LogP contribution is 2.39. The van der Waals surface area contributed by atoms with E-state index in [1.54, 1.807) is 13.3 Å². The molecule has 3 N–H and O–H groups in total. The molecule has 0 aliphatic carbocycles. The van der Waals surface area contributed by atoms with Gasteiger partial charge in [0.05, 0.1) is 48.8 Å². The highest BCUT2D eigenvalue weighted by molar-refractivity contribution is 6.02. The number of nitrogens with one attached hydrogen (secondary N) is 3. The van der Waals surface area contributed by atoms with Gasteiger partial charge in [-0.25, -0.2) is 9.97 Å². The summed E-state index contributed by atoms with van der Waals surface area (Å²) >= 11 is 0. The topological polar surface area (TPSA) is 106 Å². The Kier molecular flexibility index (Phi) is 8.51. The molecule has 1 aliphatic heterocycles. The fraction of sp³-hybridized carbons (Fsp3) is 0.323. The molecule has 10 heteroatoms. The van der Waals surface area contributed by atoms with Crippen LogP contribution in [0.5, 0.6) is 5.75 Å². The molecule has 2 aromatic heterocycles. The lowest BCUT2D eigenvalue weighted by molar-refractivity contribution is -0.111. The second-order valence-corrected chi connectivity index (χ2v) is 10.2. The quantitative estimate of drug-likeness (QED) is 0.224.